The Labute approximate surface area is 224 Å². The van der Waals surface area contributed by atoms with Crippen LogP contribution in [0.4, 0.5) is 9.59 Å². The van der Waals surface area contributed by atoms with Crippen molar-refractivity contribution in [3.8, 4) is 11.5 Å². The molecule has 3 atom stereocenters. The topological polar surface area (TPSA) is 136 Å². The first-order chi connectivity index (χ1) is 18.1. The molecule has 0 heterocycles. The number of ether oxygens (including phenoxy) is 6. The summed E-state index contributed by atoms with van der Waals surface area (Å²) in [4.78, 5) is 48.7. The Morgan fingerprint density at radius 2 is 1.45 bits per heavy atom. The van der Waals surface area contributed by atoms with E-state index < -0.39 is 30.4 Å². The quantitative estimate of drug-likeness (QED) is 0.180. The van der Waals surface area contributed by atoms with Crippen molar-refractivity contribution in [3.05, 3.63) is 23.8 Å². The van der Waals surface area contributed by atoms with Gasteiger partial charge in [0, 0.05) is 6.54 Å². The minimum atomic E-state index is -0.966. The maximum Gasteiger partial charge on any atom is 0.513 e. The van der Waals surface area contributed by atoms with Gasteiger partial charge in [-0.2, -0.15) is 0 Å². The maximum absolute atomic E-state index is 12.5. The highest BCUT2D eigenvalue weighted by Crippen LogP contribution is 2.30. The van der Waals surface area contributed by atoms with Crippen molar-refractivity contribution >= 4 is 24.2 Å². The first-order valence-corrected chi connectivity index (χ1v) is 13.0. The molecule has 0 saturated carbocycles. The minimum Gasteiger partial charge on any atom is -0.468 e. The number of nitrogens with one attached hydrogen (secondary N) is 1. The number of benzene rings is 1. The molecule has 0 radical (unpaired) electrons. The van der Waals surface area contributed by atoms with Crippen LogP contribution in [0.5, 0.6) is 11.5 Å². The largest absolute Gasteiger partial charge is 0.513 e. The van der Waals surface area contributed by atoms with Crippen LogP contribution in [0, 0.1) is 5.92 Å². The molecule has 1 rings (SSSR count). The van der Waals surface area contributed by atoms with Gasteiger partial charge in [0.15, 0.2) is 11.5 Å². The fourth-order valence-corrected chi connectivity index (χ4v) is 3.28. The van der Waals surface area contributed by atoms with Crippen LogP contribution < -0.4 is 14.8 Å². The summed E-state index contributed by atoms with van der Waals surface area (Å²) in [6, 6.07) is 3.71. The SMILES string of the molecule is CCCOC(=O)Oc1ccc(C[C@H](NCC(C)OC(=O)C(C)CCC)C(=O)OC)cc1OC(=O)OCCC. The summed E-state index contributed by atoms with van der Waals surface area (Å²) >= 11 is 0. The summed E-state index contributed by atoms with van der Waals surface area (Å²) < 4.78 is 30.7. The minimum absolute atomic E-state index is 0.0485. The number of carbonyl (C=O) groups is 4. The van der Waals surface area contributed by atoms with Crippen molar-refractivity contribution in [1.82, 2.24) is 5.32 Å². The van der Waals surface area contributed by atoms with Gasteiger partial charge in [0.2, 0.25) is 0 Å². The Morgan fingerprint density at radius 3 is 2.00 bits per heavy atom. The molecule has 1 N–H and O–H groups in total. The Bertz CT molecular complexity index is 904. The van der Waals surface area contributed by atoms with E-state index >= 15 is 0 Å². The Morgan fingerprint density at radius 1 is 0.842 bits per heavy atom. The molecule has 11 nitrogen and oxygen atoms in total. The number of hydrogen-bond donors (Lipinski definition) is 1. The van der Waals surface area contributed by atoms with Gasteiger partial charge in [-0.25, -0.2) is 9.59 Å². The zero-order valence-corrected chi connectivity index (χ0v) is 23.2. The van der Waals surface area contributed by atoms with Crippen molar-refractivity contribution in [2.45, 2.75) is 78.9 Å². The second-order valence-corrected chi connectivity index (χ2v) is 8.81. The highest BCUT2D eigenvalue weighted by Gasteiger charge is 2.24. The average Bonchev–Trinajstić information content (AvgIpc) is 2.89. The molecule has 0 saturated heterocycles. The summed E-state index contributed by atoms with van der Waals surface area (Å²) in [6.07, 6.45) is 0.558. The van der Waals surface area contributed by atoms with E-state index in [1.54, 1.807) is 13.0 Å². The molecule has 1 aromatic rings. The zero-order valence-electron chi connectivity index (χ0n) is 23.2. The Hall–Kier alpha value is -3.34. The lowest BCUT2D eigenvalue weighted by Gasteiger charge is -2.21. The monoisotopic (exact) mass is 539 g/mol. The highest BCUT2D eigenvalue weighted by molar-refractivity contribution is 5.76. The molecule has 0 fully saturated rings. The summed E-state index contributed by atoms with van der Waals surface area (Å²) in [5, 5.41) is 3.06. The molecule has 38 heavy (non-hydrogen) atoms. The molecular formula is C27H41NO10. The Kier molecular flexibility index (Phi) is 15.5. The Balaban J connectivity index is 3.00. The number of esters is 2. The van der Waals surface area contributed by atoms with Crippen LogP contribution in [0.3, 0.4) is 0 Å². The lowest BCUT2D eigenvalue weighted by Crippen LogP contribution is -2.43. The third kappa shape index (κ3) is 12.3. The molecule has 2 unspecified atom stereocenters. The normalized spacial score (nSPS) is 13.0. The molecule has 0 bridgehead atoms. The summed E-state index contributed by atoms with van der Waals surface area (Å²) in [5.74, 6) is -1.15. The predicted octanol–water partition coefficient (Wildman–Crippen LogP) is 4.58. The standard InChI is InChI=1S/C27H41NO10/c1-7-10-18(4)24(29)36-19(5)17-28-21(25(30)33-6)15-20-11-12-22(37-26(31)34-13-8-2)23(16-20)38-27(32)35-14-9-3/h11-12,16,18-19,21,28H,7-10,13-15,17H2,1-6H3/t18?,19?,21-/m0/s1. The number of carbonyl (C=O) groups excluding carboxylic acids is 4. The van der Waals surface area contributed by atoms with E-state index in [1.807, 2.05) is 27.7 Å². The first kappa shape index (κ1) is 32.7. The zero-order chi connectivity index (χ0) is 28.5. The molecule has 11 heteroatoms. The van der Waals surface area contributed by atoms with Gasteiger partial charge in [0.1, 0.15) is 12.1 Å². The molecule has 0 spiro atoms. The van der Waals surface area contributed by atoms with Gasteiger partial charge in [-0.1, -0.05) is 40.2 Å². The fourth-order valence-electron chi connectivity index (χ4n) is 3.28. The number of rotatable bonds is 16. The van der Waals surface area contributed by atoms with Crippen LogP contribution >= 0.6 is 0 Å². The predicted molar refractivity (Wildman–Crippen MR) is 138 cm³/mol. The first-order valence-electron chi connectivity index (χ1n) is 13.0. The van der Waals surface area contributed by atoms with Crippen molar-refractivity contribution in [2.75, 3.05) is 26.9 Å². The van der Waals surface area contributed by atoms with Crippen LogP contribution in [-0.2, 0) is 35.0 Å². The van der Waals surface area contributed by atoms with Crippen LogP contribution in [0.2, 0.25) is 0 Å². The van der Waals surface area contributed by atoms with Crippen LogP contribution in [0.15, 0.2) is 18.2 Å². The van der Waals surface area contributed by atoms with E-state index in [2.05, 4.69) is 5.32 Å². The van der Waals surface area contributed by atoms with E-state index in [-0.39, 0.29) is 49.6 Å². The van der Waals surface area contributed by atoms with Crippen LogP contribution in [0.25, 0.3) is 0 Å². The van der Waals surface area contributed by atoms with Crippen molar-refractivity contribution in [3.63, 3.8) is 0 Å². The molecule has 1 aromatic carbocycles. The van der Waals surface area contributed by atoms with Crippen molar-refractivity contribution in [2.24, 2.45) is 5.92 Å². The van der Waals surface area contributed by atoms with E-state index in [9.17, 15) is 19.2 Å². The average molecular weight is 540 g/mol. The summed E-state index contributed by atoms with van der Waals surface area (Å²) in [6.45, 7) is 9.75. The molecule has 214 valence electrons. The van der Waals surface area contributed by atoms with Gasteiger partial charge in [0.05, 0.1) is 26.2 Å². The highest BCUT2D eigenvalue weighted by atomic mass is 16.7. The molecule has 0 aliphatic rings. The molecule has 0 amide bonds. The summed E-state index contributed by atoms with van der Waals surface area (Å²) in [7, 11) is 1.27. The fraction of sp³-hybridized carbons (Fsp3) is 0.630. The molecular weight excluding hydrogens is 498 g/mol. The lowest BCUT2D eigenvalue weighted by atomic mass is 10.0. The van der Waals surface area contributed by atoms with Crippen LogP contribution in [0.1, 0.15) is 65.9 Å². The van der Waals surface area contributed by atoms with Gasteiger partial charge in [-0.3, -0.25) is 9.59 Å². The van der Waals surface area contributed by atoms with Gasteiger partial charge >= 0.3 is 24.2 Å². The second kappa shape index (κ2) is 18.0. The molecule has 0 aliphatic carbocycles. The van der Waals surface area contributed by atoms with Gasteiger partial charge in [-0.05, 0) is 50.3 Å². The van der Waals surface area contributed by atoms with E-state index in [0.29, 0.717) is 18.4 Å². The third-order valence-corrected chi connectivity index (χ3v) is 5.26. The van der Waals surface area contributed by atoms with E-state index in [1.165, 1.54) is 19.2 Å². The van der Waals surface area contributed by atoms with E-state index in [0.717, 1.165) is 12.8 Å². The number of methoxy groups -OCH3 is 1. The molecule has 0 aliphatic heterocycles. The maximum atomic E-state index is 12.5. The van der Waals surface area contributed by atoms with Crippen molar-refractivity contribution < 1.29 is 47.6 Å². The number of hydrogen-bond acceptors (Lipinski definition) is 11. The van der Waals surface area contributed by atoms with Gasteiger partial charge < -0.3 is 33.7 Å². The second-order valence-electron chi connectivity index (χ2n) is 8.81. The van der Waals surface area contributed by atoms with Gasteiger partial charge in [-0.15, -0.1) is 0 Å². The molecule has 0 aromatic heterocycles. The smallest absolute Gasteiger partial charge is 0.468 e. The van der Waals surface area contributed by atoms with Gasteiger partial charge in [0.25, 0.3) is 0 Å². The summed E-state index contributed by atoms with van der Waals surface area (Å²) in [5.41, 5.74) is 0.571. The third-order valence-electron chi connectivity index (χ3n) is 5.26. The van der Waals surface area contributed by atoms with Crippen LogP contribution in [-0.4, -0.2) is 63.3 Å². The lowest BCUT2D eigenvalue weighted by molar-refractivity contribution is -0.152. The van der Waals surface area contributed by atoms with E-state index in [4.69, 9.17) is 28.4 Å². The van der Waals surface area contributed by atoms with Crippen molar-refractivity contribution in [1.29, 1.82) is 0 Å².